The minimum atomic E-state index is 0.333. The van der Waals surface area contributed by atoms with E-state index in [2.05, 4.69) is 99.6 Å². The zero-order chi connectivity index (χ0) is 36.2. The first-order valence-corrected chi connectivity index (χ1v) is 23.1. The molecule has 0 heteroatoms. The van der Waals surface area contributed by atoms with Crippen LogP contribution >= 0.6 is 0 Å². The van der Waals surface area contributed by atoms with Crippen molar-refractivity contribution in [1.82, 2.24) is 0 Å². The van der Waals surface area contributed by atoms with Crippen LogP contribution in [0, 0.1) is 94.2 Å². The lowest BCUT2D eigenvalue weighted by Gasteiger charge is -2.52. The van der Waals surface area contributed by atoms with Crippen molar-refractivity contribution in [2.75, 3.05) is 0 Å². The summed E-state index contributed by atoms with van der Waals surface area (Å²) in [6, 6.07) is 0. The highest BCUT2D eigenvalue weighted by Crippen LogP contribution is 2.63. The fourth-order valence-electron chi connectivity index (χ4n) is 15.4. The van der Waals surface area contributed by atoms with Crippen LogP contribution in [0.2, 0.25) is 0 Å². The van der Waals surface area contributed by atoms with Gasteiger partial charge in [0.05, 0.1) is 0 Å². The minimum absolute atomic E-state index is 0.333. The molecular formula is C51H80. The van der Waals surface area contributed by atoms with Crippen molar-refractivity contribution in [3.63, 3.8) is 0 Å². The van der Waals surface area contributed by atoms with Crippen LogP contribution in [0.3, 0.4) is 0 Å². The maximum atomic E-state index is 2.73. The average molecular weight is 693 g/mol. The summed E-state index contributed by atoms with van der Waals surface area (Å²) in [5, 5.41) is 0. The predicted molar refractivity (Wildman–Crippen MR) is 221 cm³/mol. The van der Waals surface area contributed by atoms with Crippen LogP contribution in [0.15, 0.2) is 58.2 Å². The Morgan fingerprint density at radius 3 is 2.27 bits per heavy atom. The monoisotopic (exact) mass is 693 g/mol. The second-order valence-corrected chi connectivity index (χ2v) is 20.4. The van der Waals surface area contributed by atoms with Gasteiger partial charge in [-0.05, 0) is 177 Å². The summed E-state index contributed by atoms with van der Waals surface area (Å²) in [6.07, 6.45) is 34.3. The number of rotatable bonds is 10. The van der Waals surface area contributed by atoms with Crippen molar-refractivity contribution in [3.05, 3.63) is 58.2 Å². The molecule has 0 aliphatic heterocycles. The first kappa shape index (κ1) is 38.0. The molecule has 0 aromatic carbocycles. The molecule has 15 atom stereocenters. The second kappa shape index (κ2) is 15.4. The van der Waals surface area contributed by atoms with E-state index in [1.807, 2.05) is 22.3 Å². The van der Waals surface area contributed by atoms with E-state index in [0.29, 0.717) is 11.3 Å². The van der Waals surface area contributed by atoms with Gasteiger partial charge in [0.15, 0.2) is 0 Å². The van der Waals surface area contributed by atoms with Gasteiger partial charge in [0.2, 0.25) is 0 Å². The lowest BCUT2D eigenvalue weighted by atomic mass is 9.52. The van der Waals surface area contributed by atoms with E-state index in [0.717, 1.165) is 82.9 Å². The van der Waals surface area contributed by atoms with Gasteiger partial charge >= 0.3 is 0 Å². The molecule has 0 nitrogen and oxygen atoms in total. The Morgan fingerprint density at radius 2 is 1.57 bits per heavy atom. The molecule has 0 aromatic heterocycles. The smallest absolute Gasteiger partial charge is 0.0102 e. The van der Waals surface area contributed by atoms with Gasteiger partial charge < -0.3 is 0 Å². The fraction of sp³-hybridized carbons (Fsp3) is 0.804. The van der Waals surface area contributed by atoms with E-state index in [-0.39, 0.29) is 0 Å². The molecule has 7 aliphatic rings. The molecule has 0 spiro atoms. The van der Waals surface area contributed by atoms with Gasteiger partial charge in [-0.3, -0.25) is 0 Å². The average Bonchev–Trinajstić information content (AvgIpc) is 3.36. The van der Waals surface area contributed by atoms with Crippen molar-refractivity contribution in [2.45, 2.75) is 166 Å². The number of hydrogen-bond donors (Lipinski definition) is 0. The second-order valence-electron chi connectivity index (χ2n) is 20.4. The van der Waals surface area contributed by atoms with Crippen molar-refractivity contribution in [1.29, 1.82) is 0 Å². The Balaban J connectivity index is 1.09. The summed E-state index contributed by atoms with van der Waals surface area (Å²) >= 11 is 0. The summed E-state index contributed by atoms with van der Waals surface area (Å²) in [7, 11) is 0. The van der Waals surface area contributed by atoms with Crippen molar-refractivity contribution in [3.8, 4) is 0 Å². The van der Waals surface area contributed by atoms with Gasteiger partial charge in [0.1, 0.15) is 0 Å². The van der Waals surface area contributed by atoms with Gasteiger partial charge in [-0.2, -0.15) is 0 Å². The summed E-state index contributed by atoms with van der Waals surface area (Å²) in [4.78, 5) is 0. The zero-order valence-electron chi connectivity index (χ0n) is 35.2. The van der Waals surface area contributed by atoms with Crippen LogP contribution < -0.4 is 0 Å². The third-order valence-electron chi connectivity index (χ3n) is 18.0. The van der Waals surface area contributed by atoms with E-state index < -0.39 is 0 Å². The zero-order valence-corrected chi connectivity index (χ0v) is 35.2. The summed E-state index contributed by atoms with van der Waals surface area (Å²) < 4.78 is 0. The highest BCUT2D eigenvalue weighted by Gasteiger charge is 2.53. The third-order valence-corrected chi connectivity index (χ3v) is 18.0. The van der Waals surface area contributed by atoms with Gasteiger partial charge in [0, 0.05) is 0 Å². The van der Waals surface area contributed by atoms with Crippen molar-refractivity contribution in [2.24, 2.45) is 94.2 Å². The maximum absolute atomic E-state index is 2.73. The Labute approximate surface area is 316 Å². The van der Waals surface area contributed by atoms with E-state index in [1.54, 1.807) is 5.57 Å². The largest absolute Gasteiger partial charge is 0.0879 e. The minimum Gasteiger partial charge on any atom is -0.0879 e. The summed E-state index contributed by atoms with van der Waals surface area (Å²) in [6.45, 7) is 25.6. The van der Waals surface area contributed by atoms with Crippen LogP contribution in [0.5, 0.6) is 0 Å². The molecule has 0 heterocycles. The number of hydrogen-bond acceptors (Lipinski definition) is 0. The normalized spacial score (nSPS) is 43.6. The van der Waals surface area contributed by atoms with Crippen LogP contribution in [0.4, 0.5) is 0 Å². The van der Waals surface area contributed by atoms with Crippen LogP contribution in [-0.4, -0.2) is 0 Å². The van der Waals surface area contributed by atoms with Gasteiger partial charge in [0.25, 0.3) is 0 Å². The fourth-order valence-corrected chi connectivity index (χ4v) is 15.4. The molecule has 15 unspecified atom stereocenters. The van der Waals surface area contributed by atoms with Crippen LogP contribution in [0.25, 0.3) is 0 Å². The van der Waals surface area contributed by atoms with Gasteiger partial charge in [-0.15, -0.1) is 0 Å². The number of fused-ring (bicyclic) bond motifs is 1. The molecule has 284 valence electrons. The quantitative estimate of drug-likeness (QED) is 0.200. The molecule has 51 heavy (non-hydrogen) atoms. The molecule has 7 aliphatic carbocycles. The highest BCUT2D eigenvalue weighted by molar-refractivity contribution is 5.47. The standard InChI is InChI=1S/C51H80/c1-11-16-35-23-28-44-42(26-22-36-18-17-32(7)48(35)50(36)44)38-24-27-43-39(14-4)45(51(9,10)46(43)30-38)29-33(8)41-25-21-37-20-19-34(13-3)47(31(6)12-2)49(37)40(41)15-5/h15,17-18,22,26,31-35,37-39,41-42,44-45,47-49H,11-14,16,19-21,23-25,27-30H2,1-10H3/b40-15-. The molecule has 0 amide bonds. The molecule has 7 rings (SSSR count). The van der Waals surface area contributed by atoms with Gasteiger partial charge in [-0.1, -0.05) is 141 Å². The molecule has 3 saturated carbocycles. The first-order chi connectivity index (χ1) is 24.6. The Kier molecular flexibility index (Phi) is 11.5. The Morgan fingerprint density at radius 1 is 0.824 bits per heavy atom. The number of allylic oxidation sites excluding steroid dienone is 10. The molecule has 0 radical (unpaired) electrons. The SMILES string of the molecule is C/C=C1/C(C(C)CC2C(CC)C3=C(CC(C4C=CC5=C6C4CCC(CCC)C6C(C)C=C5)CC3)C2(C)C)CCC2CCC(CC)C(C(C)CC)C12. The Bertz CT molecular complexity index is 1390. The molecule has 3 fully saturated rings. The van der Waals surface area contributed by atoms with Gasteiger partial charge in [-0.25, -0.2) is 0 Å². The molecule has 0 aromatic rings. The van der Waals surface area contributed by atoms with E-state index in [1.165, 1.54) is 96.3 Å². The maximum Gasteiger partial charge on any atom is -0.0102 e. The highest BCUT2D eigenvalue weighted by atomic mass is 14.6. The van der Waals surface area contributed by atoms with Crippen LogP contribution in [-0.2, 0) is 0 Å². The topological polar surface area (TPSA) is 0 Å². The predicted octanol–water partition coefficient (Wildman–Crippen LogP) is 15.0. The van der Waals surface area contributed by atoms with E-state index in [9.17, 15) is 0 Å². The molecule has 0 N–H and O–H groups in total. The van der Waals surface area contributed by atoms with Crippen molar-refractivity contribution < 1.29 is 0 Å². The summed E-state index contributed by atoms with van der Waals surface area (Å²) in [5.74, 6) is 12.5. The van der Waals surface area contributed by atoms with Crippen LogP contribution in [0.1, 0.15) is 166 Å². The van der Waals surface area contributed by atoms with E-state index >= 15 is 0 Å². The lowest BCUT2D eigenvalue weighted by Crippen LogP contribution is -2.44. The molecule has 0 bridgehead atoms. The molecular weight excluding hydrogens is 613 g/mol. The summed E-state index contributed by atoms with van der Waals surface area (Å²) in [5.41, 5.74) is 9.65. The molecule has 0 saturated heterocycles. The van der Waals surface area contributed by atoms with Crippen molar-refractivity contribution >= 4 is 0 Å². The Hall–Kier alpha value is -1.30. The lowest BCUT2D eigenvalue weighted by molar-refractivity contribution is 0.0282. The van der Waals surface area contributed by atoms with E-state index in [4.69, 9.17) is 0 Å². The third kappa shape index (κ3) is 6.51. The first-order valence-electron chi connectivity index (χ1n) is 23.1.